The number of carboxylic acids is 4. The smallest absolute Gasteiger partial charge is 0.407 e. The molecule has 13 atom stereocenters. The number of alkyl carbamates (subject to hydrolysis) is 1. The standard InChI is InChI=1S/C89H112N18O27/c1-46(2)35-63(81(124)101-66(38-50-22-26-53(110)27-23-50)83(126)102-65(37-49-20-24-52(109)25-21-49)82(125)97-60(28-31-71(91)111)80(123)106-70(43-108)88(131)132)99-87(130)69(41-75(117)118)105-79(122)62(30-33-74(115)116)96-76(119)47(3)95-77(120)61(29-32-73(113)114)98-85(128)67(39-51-42-93-45-94-51)103-86(129)68(40-72(92)112)104-84(127)64(36-48-13-5-4-6-14-48)100-78(121)59(19-11-12-34-90)107-89(133)134-44-58-56-17-9-7-15-54(56)55-16-8-10-18-57(55)58/h4-10,13-18,20-27,42,45-47,58-70,108-110H,11-12,19,28-41,43-44,90H2,1-3H3,(H2,91,111)(H2,92,112)(H,93,94)(H,95,120)(H,96,119)(H,97,125)(H,98,128)(H,99,130)(H,100,121)(H,101,124)(H,102,126)(H,103,129)(H,104,127)(H,105,122)(H,106,123)(H,107,133)(H,113,114)(H,115,116)(H,117,118)(H,131,132)/t47-,59-,60-,61-,62-,63-,64-,65-,66-,67-,68-,69-,70-/m0/s1. The number of rotatable bonds is 56. The number of aliphatic hydroxyl groups excluding tert-OH is 1. The number of carboxylic acid groups (broad SMARTS) is 4. The number of aromatic amines is 1. The van der Waals surface area contributed by atoms with Crippen LogP contribution in [0.1, 0.15) is 137 Å². The second kappa shape index (κ2) is 52.4. The molecule has 1 aliphatic rings. The Labute approximate surface area is 766 Å². The average Bonchev–Trinajstić information content (AvgIpc) is 1.61. The Morgan fingerprint density at radius 2 is 0.761 bits per heavy atom. The van der Waals surface area contributed by atoms with Crippen molar-refractivity contribution in [3.05, 3.63) is 173 Å². The molecule has 1 aliphatic carbocycles. The number of unbranched alkanes of at least 4 members (excludes halogenated alkanes) is 1. The van der Waals surface area contributed by atoms with E-state index in [1.807, 2.05) is 53.8 Å². The number of nitrogens with two attached hydrogens (primary N) is 3. The number of phenolic OH excluding ortho intramolecular Hbond substituents is 2. The zero-order valence-corrected chi connectivity index (χ0v) is 73.3. The highest BCUT2D eigenvalue weighted by atomic mass is 16.5. The SMILES string of the molecule is CC(C)C[C@H](NC(=O)[C@H](CC(=O)O)NC(=O)[C@H](CCC(=O)O)NC(=O)[C@H](C)NC(=O)[C@H](CCC(=O)O)NC(=O)[C@H](Cc1c[nH]cn1)NC(=O)[C@H](CC(N)=O)NC(=O)[C@H](Cc1ccccc1)NC(=O)[C@H](CCCCN)NC(=O)OCC1c2ccccc2-c2ccccc21)C(=O)N[C@@H](Cc1ccc(O)cc1)C(=O)N[C@@H](Cc1ccc(O)cc1)C(=O)N[C@@H](CCC(N)=O)C(=O)N[C@@H](CO)C(=O)O. The molecular weight excluding hydrogens is 1750 g/mol. The van der Waals surface area contributed by atoms with Crippen LogP contribution in [0, 0.1) is 5.92 Å². The summed E-state index contributed by atoms with van der Waals surface area (Å²) in [5, 5.41) is 100. The van der Waals surface area contributed by atoms with Crippen molar-refractivity contribution in [3.63, 3.8) is 0 Å². The van der Waals surface area contributed by atoms with Crippen molar-refractivity contribution in [1.82, 2.24) is 79.1 Å². The molecule has 5 aromatic carbocycles. The summed E-state index contributed by atoms with van der Waals surface area (Å²) in [5.41, 5.74) is 21.7. The van der Waals surface area contributed by atoms with Crippen LogP contribution in [0.2, 0.25) is 0 Å². The fourth-order valence-electron chi connectivity index (χ4n) is 14.3. The molecule has 7 rings (SSSR count). The third kappa shape index (κ3) is 34.5. The number of primary amides is 2. The van der Waals surface area contributed by atoms with E-state index in [1.165, 1.54) is 61.1 Å². The summed E-state index contributed by atoms with van der Waals surface area (Å²) in [6.07, 6.45) is -6.33. The van der Waals surface area contributed by atoms with Gasteiger partial charge in [0.15, 0.2) is 0 Å². The molecule has 1 heterocycles. The molecular formula is C89H112N18O27. The van der Waals surface area contributed by atoms with Gasteiger partial charge in [0.1, 0.15) is 96.6 Å². The number of carbonyl (C=O) groups excluding carboxylic acids is 15. The molecule has 1 aromatic heterocycles. The number of aromatic nitrogens is 2. The topological polar surface area (TPSA) is 738 Å². The Balaban J connectivity index is 1.07. The maximum atomic E-state index is 14.8. The summed E-state index contributed by atoms with van der Waals surface area (Å²) in [6.45, 7) is 3.20. The number of benzene rings is 5. The predicted octanol–water partition coefficient (Wildman–Crippen LogP) is -2.57. The maximum absolute atomic E-state index is 14.8. The van der Waals surface area contributed by atoms with E-state index in [9.17, 15) is 127 Å². The summed E-state index contributed by atoms with van der Waals surface area (Å²) in [5.74, 6) is -24.5. The van der Waals surface area contributed by atoms with Crippen molar-refractivity contribution >= 4 is 113 Å². The minimum Gasteiger partial charge on any atom is -0.508 e. The number of aliphatic hydroxyl groups is 1. The lowest BCUT2D eigenvalue weighted by Crippen LogP contribution is -2.61. The van der Waals surface area contributed by atoms with Crippen LogP contribution in [-0.2, 0) is 117 Å². The largest absolute Gasteiger partial charge is 0.508 e. The van der Waals surface area contributed by atoms with Gasteiger partial charge in [-0.15, -0.1) is 0 Å². The molecule has 0 radical (unpaired) electrons. The quantitative estimate of drug-likeness (QED) is 0.0175. The summed E-state index contributed by atoms with van der Waals surface area (Å²) >= 11 is 0. The van der Waals surface area contributed by atoms with Gasteiger partial charge in [-0.1, -0.05) is 117 Å². The van der Waals surface area contributed by atoms with Gasteiger partial charge >= 0.3 is 30.0 Å². The monoisotopic (exact) mass is 1860 g/mol. The van der Waals surface area contributed by atoms with Crippen LogP contribution >= 0.6 is 0 Å². The highest BCUT2D eigenvalue weighted by Gasteiger charge is 2.40. The van der Waals surface area contributed by atoms with E-state index in [0.717, 1.165) is 29.2 Å². The van der Waals surface area contributed by atoms with Crippen molar-refractivity contribution in [3.8, 4) is 22.6 Å². The van der Waals surface area contributed by atoms with Gasteiger partial charge in [0.05, 0.1) is 31.5 Å². The van der Waals surface area contributed by atoms with Crippen molar-refractivity contribution in [2.24, 2.45) is 23.1 Å². The van der Waals surface area contributed by atoms with E-state index in [-0.39, 0.29) is 66.7 Å². The van der Waals surface area contributed by atoms with Crippen LogP contribution in [0.4, 0.5) is 4.79 Å². The molecule has 27 N–H and O–H groups in total. The number of fused-ring (bicyclic) bond motifs is 3. The predicted molar refractivity (Wildman–Crippen MR) is 472 cm³/mol. The number of phenols is 2. The van der Waals surface area contributed by atoms with Gasteiger partial charge < -0.3 is 132 Å². The lowest BCUT2D eigenvalue weighted by molar-refractivity contribution is -0.143. The molecule has 45 nitrogen and oxygen atoms in total. The van der Waals surface area contributed by atoms with E-state index in [4.69, 9.17) is 21.9 Å². The molecule has 15 amide bonds. The number of nitrogens with zero attached hydrogens (tertiary/aromatic N) is 1. The molecule has 0 bridgehead atoms. The van der Waals surface area contributed by atoms with Crippen LogP contribution < -0.4 is 86.3 Å². The summed E-state index contributed by atoms with van der Waals surface area (Å²) in [4.78, 5) is 267. The fourth-order valence-corrected chi connectivity index (χ4v) is 14.3. The average molecular weight is 1870 g/mol. The normalized spacial score (nSPS) is 14.3. The number of imidazole rings is 1. The second-order valence-corrected chi connectivity index (χ2v) is 32.2. The Kier molecular flexibility index (Phi) is 41.3. The van der Waals surface area contributed by atoms with Crippen molar-refractivity contribution < 1.29 is 132 Å². The zero-order valence-electron chi connectivity index (χ0n) is 73.3. The number of aromatic hydroxyl groups is 2. The lowest BCUT2D eigenvalue weighted by atomic mass is 9.98. The number of nitrogens with one attached hydrogen (secondary N) is 14. The maximum Gasteiger partial charge on any atom is 0.407 e. The molecule has 134 heavy (non-hydrogen) atoms. The van der Waals surface area contributed by atoms with E-state index in [0.29, 0.717) is 18.4 Å². The van der Waals surface area contributed by atoms with Crippen LogP contribution in [0.3, 0.4) is 0 Å². The molecule has 45 heteroatoms. The summed E-state index contributed by atoms with van der Waals surface area (Å²) < 4.78 is 5.77. The molecule has 0 aliphatic heterocycles. The lowest BCUT2D eigenvalue weighted by Gasteiger charge is -2.28. The Morgan fingerprint density at radius 3 is 1.18 bits per heavy atom. The highest BCUT2D eigenvalue weighted by molar-refractivity contribution is 6.02. The first-order valence-electron chi connectivity index (χ1n) is 42.8. The van der Waals surface area contributed by atoms with Crippen LogP contribution in [0.5, 0.6) is 11.5 Å². The van der Waals surface area contributed by atoms with Gasteiger partial charge in [-0.05, 0) is 128 Å². The van der Waals surface area contributed by atoms with Crippen molar-refractivity contribution in [2.45, 2.75) is 208 Å². The molecule has 0 spiro atoms. The van der Waals surface area contributed by atoms with Crippen molar-refractivity contribution in [2.75, 3.05) is 19.8 Å². The number of ether oxygens (including phenoxy) is 1. The number of carbonyl (C=O) groups is 19. The number of H-pyrrole nitrogens is 1. The van der Waals surface area contributed by atoms with Gasteiger partial charge in [0, 0.05) is 57.1 Å². The van der Waals surface area contributed by atoms with Gasteiger partial charge in [-0.2, -0.15) is 0 Å². The number of hydrogen-bond donors (Lipinski definition) is 24. The first-order chi connectivity index (χ1) is 63.7. The Bertz CT molecular complexity index is 5100. The highest BCUT2D eigenvalue weighted by Crippen LogP contribution is 2.44. The fraction of sp³-hybridized carbons (Fsp3) is 0.416. The molecule has 0 fully saturated rings. The van der Waals surface area contributed by atoms with Gasteiger partial charge in [-0.3, -0.25) is 81.5 Å². The van der Waals surface area contributed by atoms with E-state index in [1.54, 1.807) is 44.2 Å². The van der Waals surface area contributed by atoms with E-state index < -0.39 is 274 Å². The minimum absolute atomic E-state index is 0.00916. The van der Waals surface area contributed by atoms with Crippen LogP contribution in [0.25, 0.3) is 11.1 Å². The molecule has 0 unspecified atom stereocenters. The van der Waals surface area contributed by atoms with E-state index in [2.05, 4.69) is 73.8 Å². The van der Waals surface area contributed by atoms with Gasteiger partial charge in [0.2, 0.25) is 82.7 Å². The van der Waals surface area contributed by atoms with Crippen LogP contribution in [-0.4, -0.2) is 257 Å². The summed E-state index contributed by atoms with van der Waals surface area (Å²) in [7, 11) is 0. The number of amides is 15. The minimum atomic E-state index is -2.19. The number of hydrogen-bond acceptors (Lipinski definition) is 25. The Morgan fingerprint density at radius 1 is 0.388 bits per heavy atom. The first-order valence-corrected chi connectivity index (χ1v) is 42.8. The van der Waals surface area contributed by atoms with Crippen LogP contribution in [0.15, 0.2) is 140 Å². The molecule has 6 aromatic rings. The third-order valence-electron chi connectivity index (χ3n) is 21.2. The van der Waals surface area contributed by atoms with Crippen molar-refractivity contribution in [1.29, 1.82) is 0 Å². The van der Waals surface area contributed by atoms with E-state index >= 15 is 0 Å². The van der Waals surface area contributed by atoms with Gasteiger partial charge in [-0.25, -0.2) is 14.6 Å². The molecule has 0 saturated heterocycles. The third-order valence-corrected chi connectivity index (χ3v) is 21.2. The zero-order chi connectivity index (χ0) is 98.4. The molecule has 0 saturated carbocycles. The first kappa shape index (κ1) is 106. The summed E-state index contributed by atoms with van der Waals surface area (Å²) in [6, 6.07) is 10.3. The second-order valence-electron chi connectivity index (χ2n) is 32.2. The molecule has 720 valence electrons. The van der Waals surface area contributed by atoms with Gasteiger partial charge in [0.25, 0.3) is 0 Å². The Hall–Kier alpha value is -15.4. The number of aliphatic carboxylic acids is 4.